The summed E-state index contributed by atoms with van der Waals surface area (Å²) in [6, 6.07) is 5.04. The molecule has 2 fully saturated rings. The zero-order chi connectivity index (χ0) is 15.5. The summed E-state index contributed by atoms with van der Waals surface area (Å²) in [5.41, 5.74) is 1.32. The van der Waals surface area contributed by atoms with Gasteiger partial charge in [0.2, 0.25) is 0 Å². The highest BCUT2D eigenvalue weighted by Gasteiger charge is 2.27. The van der Waals surface area contributed by atoms with Crippen LogP contribution in [0.4, 0.5) is 14.9 Å². The number of rotatable bonds is 2. The van der Waals surface area contributed by atoms with Crippen molar-refractivity contribution in [2.24, 2.45) is 0 Å². The molecule has 2 aliphatic heterocycles. The molecule has 0 aromatic heterocycles. The van der Waals surface area contributed by atoms with Gasteiger partial charge in [0, 0.05) is 44.5 Å². The van der Waals surface area contributed by atoms with E-state index in [-0.39, 0.29) is 36.7 Å². The van der Waals surface area contributed by atoms with E-state index in [0.717, 1.165) is 44.8 Å². The number of amides is 2. The first-order chi connectivity index (χ1) is 10.6. The fraction of sp³-hybridized carbons (Fsp3) is 0.562. The van der Waals surface area contributed by atoms with Gasteiger partial charge in [-0.1, -0.05) is 0 Å². The van der Waals surface area contributed by atoms with E-state index in [2.05, 4.69) is 15.5 Å². The lowest BCUT2D eigenvalue weighted by atomic mass is 10.2. The largest absolute Gasteiger partial charge is 0.322 e. The Morgan fingerprint density at radius 1 is 1.21 bits per heavy atom. The number of piperazine rings is 1. The number of urea groups is 1. The maximum absolute atomic E-state index is 13.4. The molecule has 2 aliphatic rings. The average molecular weight is 379 g/mol. The van der Waals surface area contributed by atoms with Gasteiger partial charge in [-0.3, -0.25) is 4.90 Å². The molecule has 8 heteroatoms. The third-order valence-electron chi connectivity index (χ3n) is 4.45. The van der Waals surface area contributed by atoms with E-state index >= 15 is 0 Å². The molecule has 3 rings (SSSR count). The third-order valence-corrected chi connectivity index (χ3v) is 4.45. The minimum absolute atomic E-state index is 0. The lowest BCUT2D eigenvalue weighted by molar-refractivity contribution is 0.119. The van der Waals surface area contributed by atoms with Crippen molar-refractivity contribution in [1.82, 2.24) is 15.1 Å². The molecular weight excluding hydrogens is 354 g/mol. The first kappa shape index (κ1) is 21.0. The summed E-state index contributed by atoms with van der Waals surface area (Å²) < 4.78 is 13.4. The van der Waals surface area contributed by atoms with Gasteiger partial charge in [-0.15, -0.1) is 24.8 Å². The third kappa shape index (κ3) is 5.21. The second kappa shape index (κ2) is 9.42. The van der Waals surface area contributed by atoms with Crippen LogP contribution in [-0.4, -0.2) is 61.1 Å². The van der Waals surface area contributed by atoms with Gasteiger partial charge in [-0.05, 0) is 43.7 Å². The Balaban J connectivity index is 0.00000144. The van der Waals surface area contributed by atoms with Crippen molar-refractivity contribution < 1.29 is 9.18 Å². The van der Waals surface area contributed by atoms with Crippen molar-refractivity contribution in [3.05, 3.63) is 29.6 Å². The predicted octanol–water partition coefficient (Wildman–Crippen LogP) is 2.49. The number of aryl methyl sites for hydroxylation is 1. The lowest BCUT2D eigenvalue weighted by Gasteiger charge is -2.37. The molecule has 1 unspecified atom stereocenters. The van der Waals surface area contributed by atoms with Gasteiger partial charge >= 0.3 is 6.03 Å². The molecule has 24 heavy (non-hydrogen) atoms. The fourth-order valence-electron chi connectivity index (χ4n) is 3.25. The number of hydrogen-bond acceptors (Lipinski definition) is 3. The number of benzene rings is 1. The standard InChI is InChI=1S/C16H23FN4O.2ClH/c1-12-8-13(17)10-14(9-12)19-16(22)21-6-4-20(5-7-21)15-2-3-18-11-15;;/h8-10,15,18H,2-7,11H2,1H3,(H,19,22);2*1H. The molecule has 136 valence electrons. The van der Waals surface area contributed by atoms with Crippen LogP contribution in [0.15, 0.2) is 18.2 Å². The number of anilines is 1. The molecule has 2 saturated heterocycles. The van der Waals surface area contributed by atoms with Gasteiger partial charge in [-0.25, -0.2) is 9.18 Å². The van der Waals surface area contributed by atoms with Crippen LogP contribution in [0.25, 0.3) is 0 Å². The SMILES string of the molecule is Cc1cc(F)cc(NC(=O)N2CCN(C3CCNC3)CC2)c1.Cl.Cl. The number of hydrogen-bond donors (Lipinski definition) is 2. The zero-order valence-electron chi connectivity index (χ0n) is 13.8. The molecule has 0 spiro atoms. The van der Waals surface area contributed by atoms with Gasteiger partial charge in [0.1, 0.15) is 5.82 Å². The number of nitrogens with zero attached hydrogens (tertiary/aromatic N) is 2. The van der Waals surface area contributed by atoms with Crippen molar-refractivity contribution in [3.8, 4) is 0 Å². The summed E-state index contributed by atoms with van der Waals surface area (Å²) in [4.78, 5) is 16.5. The van der Waals surface area contributed by atoms with E-state index < -0.39 is 0 Å². The van der Waals surface area contributed by atoms with E-state index in [1.807, 2.05) is 6.92 Å². The number of carbonyl (C=O) groups is 1. The zero-order valence-corrected chi connectivity index (χ0v) is 15.4. The van der Waals surface area contributed by atoms with Crippen molar-refractivity contribution >= 4 is 36.5 Å². The molecule has 1 aromatic rings. The maximum atomic E-state index is 13.4. The van der Waals surface area contributed by atoms with Gasteiger partial charge in [0.15, 0.2) is 0 Å². The number of nitrogens with one attached hydrogen (secondary N) is 2. The van der Waals surface area contributed by atoms with Gasteiger partial charge in [0.25, 0.3) is 0 Å². The molecule has 5 nitrogen and oxygen atoms in total. The second-order valence-corrected chi connectivity index (χ2v) is 6.12. The molecule has 0 saturated carbocycles. The fourth-order valence-corrected chi connectivity index (χ4v) is 3.25. The molecule has 1 aromatic carbocycles. The van der Waals surface area contributed by atoms with Crippen LogP contribution in [0.5, 0.6) is 0 Å². The topological polar surface area (TPSA) is 47.6 Å². The van der Waals surface area contributed by atoms with E-state index in [1.54, 1.807) is 11.0 Å². The first-order valence-corrected chi connectivity index (χ1v) is 7.90. The summed E-state index contributed by atoms with van der Waals surface area (Å²) in [7, 11) is 0. The summed E-state index contributed by atoms with van der Waals surface area (Å²) in [5, 5.41) is 6.17. The Kier molecular flexibility index (Phi) is 8.22. The van der Waals surface area contributed by atoms with Crippen LogP contribution >= 0.6 is 24.8 Å². The van der Waals surface area contributed by atoms with E-state index in [0.29, 0.717) is 11.7 Å². The van der Waals surface area contributed by atoms with E-state index in [9.17, 15) is 9.18 Å². The Labute approximate surface area is 154 Å². The quantitative estimate of drug-likeness (QED) is 0.830. The molecule has 0 bridgehead atoms. The summed E-state index contributed by atoms with van der Waals surface area (Å²) >= 11 is 0. The van der Waals surface area contributed by atoms with Gasteiger partial charge in [-0.2, -0.15) is 0 Å². The monoisotopic (exact) mass is 378 g/mol. The van der Waals surface area contributed by atoms with Crippen molar-refractivity contribution in [2.75, 3.05) is 44.6 Å². The van der Waals surface area contributed by atoms with Crippen LogP contribution in [-0.2, 0) is 0 Å². The van der Waals surface area contributed by atoms with E-state index in [1.165, 1.54) is 18.6 Å². The lowest BCUT2D eigenvalue weighted by Crippen LogP contribution is -2.53. The molecule has 2 N–H and O–H groups in total. The Hall–Kier alpha value is -1.08. The Bertz CT molecular complexity index is 527. The molecule has 0 aliphatic carbocycles. The van der Waals surface area contributed by atoms with Crippen molar-refractivity contribution in [2.45, 2.75) is 19.4 Å². The maximum Gasteiger partial charge on any atom is 0.321 e. The molecule has 0 radical (unpaired) electrons. The van der Waals surface area contributed by atoms with Crippen LogP contribution in [0.1, 0.15) is 12.0 Å². The first-order valence-electron chi connectivity index (χ1n) is 7.90. The number of halogens is 3. The minimum atomic E-state index is -0.325. The van der Waals surface area contributed by atoms with Gasteiger partial charge < -0.3 is 15.5 Å². The summed E-state index contributed by atoms with van der Waals surface area (Å²) in [5.74, 6) is -0.325. The second-order valence-electron chi connectivity index (χ2n) is 6.12. The summed E-state index contributed by atoms with van der Waals surface area (Å²) in [6.07, 6.45) is 1.19. The molecule has 2 amide bonds. The molecule has 2 heterocycles. The average Bonchev–Trinajstić information content (AvgIpc) is 3.00. The minimum Gasteiger partial charge on any atom is -0.322 e. The van der Waals surface area contributed by atoms with Crippen LogP contribution in [0, 0.1) is 12.7 Å². The van der Waals surface area contributed by atoms with Crippen molar-refractivity contribution in [3.63, 3.8) is 0 Å². The van der Waals surface area contributed by atoms with Crippen molar-refractivity contribution in [1.29, 1.82) is 0 Å². The molecule has 1 atom stereocenters. The normalized spacial score (nSPS) is 20.9. The number of carbonyl (C=O) groups excluding carboxylic acids is 1. The highest BCUT2D eigenvalue weighted by molar-refractivity contribution is 5.89. The highest BCUT2D eigenvalue weighted by atomic mass is 35.5. The predicted molar refractivity (Wildman–Crippen MR) is 99.1 cm³/mol. The Morgan fingerprint density at radius 2 is 1.92 bits per heavy atom. The highest BCUT2D eigenvalue weighted by Crippen LogP contribution is 2.16. The summed E-state index contributed by atoms with van der Waals surface area (Å²) in [6.45, 7) is 7.20. The Morgan fingerprint density at radius 3 is 2.50 bits per heavy atom. The van der Waals surface area contributed by atoms with Gasteiger partial charge in [0.05, 0.1) is 0 Å². The van der Waals surface area contributed by atoms with Crippen LogP contribution in [0.2, 0.25) is 0 Å². The molecular formula is C16H25Cl2FN4O. The van der Waals surface area contributed by atoms with Crippen LogP contribution < -0.4 is 10.6 Å². The smallest absolute Gasteiger partial charge is 0.321 e. The van der Waals surface area contributed by atoms with E-state index in [4.69, 9.17) is 0 Å². The van der Waals surface area contributed by atoms with Crippen LogP contribution in [0.3, 0.4) is 0 Å².